The molecule has 2 rings (SSSR count). The Kier molecular flexibility index (Phi) is 5.26. The SMILES string of the molecule is CC(=O)Nc1ccc(C(F)(F)F)cc1NC(=O)/C=C\c1cnn(C)c1. The van der Waals surface area contributed by atoms with Gasteiger partial charge >= 0.3 is 6.18 Å². The molecular weight excluding hydrogens is 337 g/mol. The van der Waals surface area contributed by atoms with E-state index < -0.39 is 23.6 Å². The van der Waals surface area contributed by atoms with Crippen molar-refractivity contribution in [2.45, 2.75) is 13.1 Å². The Bertz CT molecular complexity index is 825. The Labute approximate surface area is 141 Å². The number of halogens is 3. The fourth-order valence-electron chi connectivity index (χ4n) is 2.00. The van der Waals surface area contributed by atoms with Crippen molar-refractivity contribution in [3.8, 4) is 0 Å². The van der Waals surface area contributed by atoms with E-state index in [4.69, 9.17) is 0 Å². The quantitative estimate of drug-likeness (QED) is 0.831. The van der Waals surface area contributed by atoms with Crippen LogP contribution in [0.4, 0.5) is 24.5 Å². The van der Waals surface area contributed by atoms with Gasteiger partial charge in [-0.15, -0.1) is 0 Å². The maximum atomic E-state index is 12.8. The van der Waals surface area contributed by atoms with E-state index in [1.54, 1.807) is 17.9 Å². The Balaban J connectivity index is 2.23. The van der Waals surface area contributed by atoms with Gasteiger partial charge in [-0.25, -0.2) is 0 Å². The van der Waals surface area contributed by atoms with Gasteiger partial charge in [-0.2, -0.15) is 18.3 Å². The molecule has 0 aliphatic rings. The number of amides is 2. The minimum Gasteiger partial charge on any atom is -0.325 e. The van der Waals surface area contributed by atoms with Crippen molar-refractivity contribution in [2.24, 2.45) is 7.05 Å². The molecule has 0 saturated heterocycles. The summed E-state index contributed by atoms with van der Waals surface area (Å²) in [5.41, 5.74) is -0.355. The lowest BCUT2D eigenvalue weighted by Gasteiger charge is -2.14. The van der Waals surface area contributed by atoms with Crippen LogP contribution in [0.3, 0.4) is 0 Å². The molecule has 1 aromatic carbocycles. The number of benzene rings is 1. The summed E-state index contributed by atoms with van der Waals surface area (Å²) in [6.45, 7) is 1.21. The number of nitrogens with one attached hydrogen (secondary N) is 2. The van der Waals surface area contributed by atoms with Crippen molar-refractivity contribution in [1.82, 2.24) is 9.78 Å². The van der Waals surface area contributed by atoms with Gasteiger partial charge in [0.1, 0.15) is 0 Å². The second-order valence-electron chi connectivity index (χ2n) is 5.21. The van der Waals surface area contributed by atoms with Crippen molar-refractivity contribution < 1.29 is 22.8 Å². The summed E-state index contributed by atoms with van der Waals surface area (Å²) in [6, 6.07) is 2.68. The van der Waals surface area contributed by atoms with Crippen molar-refractivity contribution in [1.29, 1.82) is 0 Å². The molecule has 0 unspecified atom stereocenters. The first-order valence-electron chi connectivity index (χ1n) is 7.11. The van der Waals surface area contributed by atoms with Crippen LogP contribution in [0.5, 0.6) is 0 Å². The molecule has 0 bridgehead atoms. The van der Waals surface area contributed by atoms with Crippen molar-refractivity contribution in [3.63, 3.8) is 0 Å². The molecule has 0 atom stereocenters. The Morgan fingerprint density at radius 1 is 1.20 bits per heavy atom. The highest BCUT2D eigenvalue weighted by molar-refractivity contribution is 6.05. The lowest BCUT2D eigenvalue weighted by atomic mass is 10.1. The zero-order chi connectivity index (χ0) is 18.6. The second kappa shape index (κ2) is 7.20. The van der Waals surface area contributed by atoms with E-state index in [1.165, 1.54) is 19.2 Å². The third-order valence-electron chi connectivity index (χ3n) is 3.07. The van der Waals surface area contributed by atoms with Gasteiger partial charge in [0.05, 0.1) is 23.1 Å². The predicted molar refractivity (Wildman–Crippen MR) is 86.6 cm³/mol. The largest absolute Gasteiger partial charge is 0.416 e. The highest BCUT2D eigenvalue weighted by atomic mass is 19.4. The van der Waals surface area contributed by atoms with Crippen LogP contribution in [0.25, 0.3) is 6.08 Å². The van der Waals surface area contributed by atoms with Crippen LogP contribution in [0, 0.1) is 0 Å². The zero-order valence-corrected chi connectivity index (χ0v) is 13.4. The first-order chi connectivity index (χ1) is 11.6. The maximum Gasteiger partial charge on any atom is 0.416 e. The average Bonchev–Trinajstić information content (AvgIpc) is 2.91. The molecule has 9 heteroatoms. The lowest BCUT2D eigenvalue weighted by Crippen LogP contribution is -2.14. The summed E-state index contributed by atoms with van der Waals surface area (Å²) < 4.78 is 40.1. The first kappa shape index (κ1) is 18.2. The molecule has 25 heavy (non-hydrogen) atoms. The Morgan fingerprint density at radius 2 is 1.92 bits per heavy atom. The van der Waals surface area contributed by atoms with E-state index in [2.05, 4.69) is 15.7 Å². The fraction of sp³-hybridized carbons (Fsp3) is 0.188. The maximum absolute atomic E-state index is 12.8. The third kappa shape index (κ3) is 5.20. The summed E-state index contributed by atoms with van der Waals surface area (Å²) in [4.78, 5) is 23.1. The molecule has 1 aromatic heterocycles. The van der Waals surface area contributed by atoms with Crippen molar-refractivity contribution in [2.75, 3.05) is 10.6 Å². The van der Waals surface area contributed by atoms with Crippen LogP contribution in [0.1, 0.15) is 18.1 Å². The number of aryl methyl sites for hydroxylation is 1. The molecule has 0 radical (unpaired) electrons. The van der Waals surface area contributed by atoms with Crippen LogP contribution in [-0.4, -0.2) is 21.6 Å². The van der Waals surface area contributed by atoms with Gasteiger partial charge in [-0.3, -0.25) is 14.3 Å². The number of carbonyl (C=O) groups excluding carboxylic acids is 2. The van der Waals surface area contributed by atoms with E-state index in [1.807, 2.05) is 0 Å². The van der Waals surface area contributed by atoms with Crippen molar-refractivity contribution in [3.05, 3.63) is 47.8 Å². The molecular formula is C16H15F3N4O2. The van der Waals surface area contributed by atoms with Gasteiger partial charge < -0.3 is 10.6 Å². The van der Waals surface area contributed by atoms with Crippen LogP contribution < -0.4 is 10.6 Å². The summed E-state index contributed by atoms with van der Waals surface area (Å²) in [6.07, 6.45) is 1.25. The molecule has 132 valence electrons. The normalized spacial score (nSPS) is 11.6. The van der Waals surface area contributed by atoms with Crippen LogP contribution in [-0.2, 0) is 22.8 Å². The highest BCUT2D eigenvalue weighted by Crippen LogP contribution is 2.34. The molecule has 0 fully saturated rings. The number of hydrogen-bond donors (Lipinski definition) is 2. The second-order valence-corrected chi connectivity index (χ2v) is 5.21. The minimum absolute atomic E-state index is 0.0728. The smallest absolute Gasteiger partial charge is 0.325 e. The summed E-state index contributed by atoms with van der Waals surface area (Å²) >= 11 is 0. The minimum atomic E-state index is -4.57. The van der Waals surface area contributed by atoms with Crippen LogP contribution >= 0.6 is 0 Å². The molecule has 1 heterocycles. The predicted octanol–water partition coefficient (Wildman–Crippen LogP) is 3.05. The number of rotatable bonds is 4. The van der Waals surface area contributed by atoms with Gasteiger partial charge in [0, 0.05) is 31.8 Å². The van der Waals surface area contributed by atoms with Gasteiger partial charge in [0.2, 0.25) is 11.8 Å². The van der Waals surface area contributed by atoms with E-state index in [-0.39, 0.29) is 11.4 Å². The van der Waals surface area contributed by atoms with Crippen molar-refractivity contribution >= 4 is 29.3 Å². The van der Waals surface area contributed by atoms with Crippen LogP contribution in [0.2, 0.25) is 0 Å². The average molecular weight is 352 g/mol. The molecule has 2 N–H and O–H groups in total. The molecule has 0 aliphatic carbocycles. The van der Waals surface area contributed by atoms with E-state index in [9.17, 15) is 22.8 Å². The number of nitrogens with zero attached hydrogens (tertiary/aromatic N) is 2. The molecule has 2 aromatic rings. The van der Waals surface area contributed by atoms with Gasteiger partial charge in [-0.05, 0) is 24.3 Å². The molecule has 6 nitrogen and oxygen atoms in total. The fourth-order valence-corrected chi connectivity index (χ4v) is 2.00. The summed E-state index contributed by atoms with van der Waals surface area (Å²) in [5, 5.41) is 8.64. The topological polar surface area (TPSA) is 76.0 Å². The highest BCUT2D eigenvalue weighted by Gasteiger charge is 2.31. The van der Waals surface area contributed by atoms with Gasteiger partial charge in [0.25, 0.3) is 0 Å². The number of aromatic nitrogens is 2. The Hall–Kier alpha value is -3.10. The van der Waals surface area contributed by atoms with E-state index >= 15 is 0 Å². The zero-order valence-electron chi connectivity index (χ0n) is 13.4. The third-order valence-corrected chi connectivity index (χ3v) is 3.07. The molecule has 2 amide bonds. The number of anilines is 2. The monoisotopic (exact) mass is 352 g/mol. The number of carbonyl (C=O) groups is 2. The summed E-state index contributed by atoms with van der Waals surface area (Å²) in [5.74, 6) is -1.11. The van der Waals surface area contributed by atoms with Gasteiger partial charge in [-0.1, -0.05) is 0 Å². The molecule has 0 aliphatic heterocycles. The van der Waals surface area contributed by atoms with E-state index in [0.717, 1.165) is 24.3 Å². The van der Waals surface area contributed by atoms with E-state index in [0.29, 0.717) is 5.56 Å². The molecule has 0 saturated carbocycles. The number of alkyl halides is 3. The lowest BCUT2D eigenvalue weighted by molar-refractivity contribution is -0.137. The summed E-state index contributed by atoms with van der Waals surface area (Å²) in [7, 11) is 1.71. The van der Waals surface area contributed by atoms with Crippen LogP contribution in [0.15, 0.2) is 36.7 Å². The first-order valence-corrected chi connectivity index (χ1v) is 7.11. The number of hydrogen-bond acceptors (Lipinski definition) is 3. The van der Waals surface area contributed by atoms with Gasteiger partial charge in [0.15, 0.2) is 0 Å². The Morgan fingerprint density at radius 3 is 2.48 bits per heavy atom. The molecule has 0 spiro atoms. The standard InChI is InChI=1S/C16H15F3N4O2/c1-10(24)21-13-5-4-12(16(17,18)19)7-14(13)22-15(25)6-3-11-8-20-23(2)9-11/h3-9H,1-2H3,(H,21,24)(H,22,25)/b6-3-.